The molecule has 1 aliphatic heterocycles. The van der Waals surface area contributed by atoms with Crippen LogP contribution in [0.2, 0.25) is 0 Å². The van der Waals surface area contributed by atoms with E-state index in [4.69, 9.17) is 4.74 Å². The van der Waals surface area contributed by atoms with Crippen molar-refractivity contribution < 1.29 is 9.53 Å². The summed E-state index contributed by atoms with van der Waals surface area (Å²) in [6.07, 6.45) is 7.05. The van der Waals surface area contributed by atoms with Gasteiger partial charge in [-0.05, 0) is 43.1 Å². The normalized spacial score (nSPS) is 20.9. The van der Waals surface area contributed by atoms with E-state index >= 15 is 0 Å². The second kappa shape index (κ2) is 7.61. The van der Waals surface area contributed by atoms with E-state index in [2.05, 4.69) is 20.2 Å². The van der Waals surface area contributed by atoms with Crippen LogP contribution in [0.25, 0.3) is 0 Å². The van der Waals surface area contributed by atoms with Crippen LogP contribution in [0.3, 0.4) is 0 Å². The maximum absolute atomic E-state index is 12.8. The Balaban J connectivity index is 1.85. The monoisotopic (exact) mass is 340 g/mol. The zero-order chi connectivity index (χ0) is 17.7. The predicted octanol–water partition coefficient (Wildman–Crippen LogP) is 1.76. The van der Waals surface area contributed by atoms with E-state index in [9.17, 15) is 4.79 Å². The number of nitrogens with zero attached hydrogens (tertiary/aromatic N) is 3. The topological polar surface area (TPSA) is 67.4 Å². The van der Waals surface area contributed by atoms with Crippen LogP contribution >= 0.6 is 0 Å². The van der Waals surface area contributed by atoms with Gasteiger partial charge in [0.2, 0.25) is 5.91 Å². The number of aromatic nitrogens is 2. The van der Waals surface area contributed by atoms with Crippen molar-refractivity contribution in [3.8, 4) is 5.75 Å². The summed E-state index contributed by atoms with van der Waals surface area (Å²) in [6.45, 7) is 2.32. The third-order valence-electron chi connectivity index (χ3n) is 4.80. The Labute approximate surface area is 148 Å². The first kappa shape index (κ1) is 17.4. The van der Waals surface area contributed by atoms with Gasteiger partial charge in [0, 0.05) is 32.5 Å². The molecule has 0 aromatic carbocycles. The number of amides is 1. The van der Waals surface area contributed by atoms with Crippen molar-refractivity contribution in [1.29, 1.82) is 0 Å². The van der Waals surface area contributed by atoms with Gasteiger partial charge in [-0.2, -0.15) is 0 Å². The van der Waals surface area contributed by atoms with Crippen molar-refractivity contribution in [3.63, 3.8) is 0 Å². The summed E-state index contributed by atoms with van der Waals surface area (Å²) < 4.78 is 5.25. The zero-order valence-electron chi connectivity index (χ0n) is 14.7. The minimum Gasteiger partial charge on any atom is -0.495 e. The first-order valence-electron chi connectivity index (χ1n) is 8.52. The molecule has 25 heavy (non-hydrogen) atoms. The van der Waals surface area contributed by atoms with Gasteiger partial charge >= 0.3 is 0 Å². The number of ether oxygens (including phenoxy) is 1. The minimum atomic E-state index is -0.611. The quantitative estimate of drug-likeness (QED) is 0.898. The van der Waals surface area contributed by atoms with E-state index in [0.29, 0.717) is 6.54 Å². The summed E-state index contributed by atoms with van der Waals surface area (Å²) in [5, 5.41) is 2.84. The molecule has 6 heteroatoms. The third kappa shape index (κ3) is 3.64. The molecule has 2 aromatic rings. The highest BCUT2D eigenvalue weighted by Gasteiger charge is 2.44. The van der Waals surface area contributed by atoms with Crippen molar-refractivity contribution in [2.24, 2.45) is 0 Å². The van der Waals surface area contributed by atoms with E-state index in [0.717, 1.165) is 42.9 Å². The number of rotatable bonds is 5. The molecule has 1 N–H and O–H groups in total. The molecule has 132 valence electrons. The van der Waals surface area contributed by atoms with Crippen molar-refractivity contribution in [2.75, 3.05) is 27.2 Å². The van der Waals surface area contributed by atoms with Gasteiger partial charge in [0.1, 0.15) is 11.2 Å². The van der Waals surface area contributed by atoms with Crippen molar-refractivity contribution in [2.45, 2.75) is 24.8 Å². The Bertz CT molecular complexity index is 722. The summed E-state index contributed by atoms with van der Waals surface area (Å²) in [6, 6.07) is 7.76. The highest BCUT2D eigenvalue weighted by molar-refractivity contribution is 5.88. The van der Waals surface area contributed by atoms with E-state index in [1.165, 1.54) is 0 Å². The molecule has 6 nitrogen and oxygen atoms in total. The van der Waals surface area contributed by atoms with Gasteiger partial charge in [-0.15, -0.1) is 0 Å². The molecule has 1 fully saturated rings. The number of carbonyl (C=O) groups excluding carboxylic acids is 1. The van der Waals surface area contributed by atoms with Crippen LogP contribution in [-0.2, 0) is 16.8 Å². The van der Waals surface area contributed by atoms with Gasteiger partial charge in [-0.25, -0.2) is 0 Å². The molecule has 1 unspecified atom stereocenters. The van der Waals surface area contributed by atoms with Crippen LogP contribution in [0.15, 0.2) is 42.9 Å². The third-order valence-corrected chi connectivity index (χ3v) is 4.80. The summed E-state index contributed by atoms with van der Waals surface area (Å²) in [4.78, 5) is 23.8. The zero-order valence-corrected chi connectivity index (χ0v) is 14.7. The van der Waals surface area contributed by atoms with E-state index < -0.39 is 5.41 Å². The smallest absolute Gasteiger partial charge is 0.233 e. The number of likely N-dealkylation sites (N-methyl/N-ethyl adjacent to an activating group) is 1. The van der Waals surface area contributed by atoms with Crippen LogP contribution in [0.1, 0.15) is 24.1 Å². The Kier molecular flexibility index (Phi) is 5.28. The molecule has 3 rings (SSSR count). The molecule has 3 heterocycles. The first-order valence-corrected chi connectivity index (χ1v) is 8.52. The largest absolute Gasteiger partial charge is 0.495 e. The van der Waals surface area contributed by atoms with Gasteiger partial charge in [0.05, 0.1) is 19.0 Å². The number of pyridine rings is 2. The Hall–Kier alpha value is -2.47. The predicted molar refractivity (Wildman–Crippen MR) is 95.3 cm³/mol. The van der Waals surface area contributed by atoms with Crippen molar-refractivity contribution in [3.05, 3.63) is 54.1 Å². The van der Waals surface area contributed by atoms with Gasteiger partial charge in [0.25, 0.3) is 0 Å². The van der Waals surface area contributed by atoms with Gasteiger partial charge in [-0.3, -0.25) is 19.7 Å². The lowest BCUT2D eigenvalue weighted by Crippen LogP contribution is -2.54. The fourth-order valence-corrected chi connectivity index (χ4v) is 3.60. The molecule has 1 saturated heterocycles. The minimum absolute atomic E-state index is 0.0275. The van der Waals surface area contributed by atoms with Crippen molar-refractivity contribution in [1.82, 2.24) is 20.2 Å². The molecule has 1 amide bonds. The van der Waals surface area contributed by atoms with Crippen molar-refractivity contribution >= 4 is 5.91 Å². The molecule has 1 atom stereocenters. The number of piperidine rings is 1. The lowest BCUT2D eigenvalue weighted by molar-refractivity contribution is -0.128. The average molecular weight is 340 g/mol. The SMILES string of the molecule is CNC(=O)C1(c2ccccn2)CCCN(Cc2cncc(OC)c2)C1. The van der Waals surface area contributed by atoms with Gasteiger partial charge < -0.3 is 10.1 Å². The van der Waals surface area contributed by atoms with E-state index in [-0.39, 0.29) is 5.91 Å². The molecule has 0 radical (unpaired) electrons. The molecular weight excluding hydrogens is 316 g/mol. The standard InChI is InChI=1S/C19H24N4O2/c1-20-18(24)19(17-6-3-4-8-22-17)7-5-9-23(14-19)13-15-10-16(25-2)12-21-11-15/h3-4,6,8,10-12H,5,7,9,13-14H2,1-2H3,(H,20,24). The number of hydrogen-bond acceptors (Lipinski definition) is 5. The number of carbonyl (C=O) groups is 1. The number of nitrogens with one attached hydrogen (secondary N) is 1. The first-order chi connectivity index (χ1) is 12.2. The maximum atomic E-state index is 12.8. The molecule has 2 aromatic heterocycles. The summed E-state index contributed by atoms with van der Waals surface area (Å²) in [5.74, 6) is 0.775. The highest BCUT2D eigenvalue weighted by atomic mass is 16.5. The fraction of sp³-hybridized carbons (Fsp3) is 0.421. The Morgan fingerprint density at radius 2 is 2.28 bits per heavy atom. The van der Waals surface area contributed by atoms with Gasteiger partial charge in [-0.1, -0.05) is 6.07 Å². The number of likely N-dealkylation sites (tertiary alicyclic amines) is 1. The van der Waals surface area contributed by atoms with Crippen LogP contribution in [0, 0.1) is 0 Å². The van der Waals surface area contributed by atoms with Crippen LogP contribution < -0.4 is 10.1 Å². The molecule has 1 aliphatic rings. The number of methoxy groups -OCH3 is 1. The van der Waals surface area contributed by atoms with Gasteiger partial charge in [0.15, 0.2) is 0 Å². The van der Waals surface area contributed by atoms with Crippen LogP contribution in [0.4, 0.5) is 0 Å². The molecule has 0 saturated carbocycles. The molecule has 0 spiro atoms. The second-order valence-corrected chi connectivity index (χ2v) is 6.42. The Morgan fingerprint density at radius 1 is 1.40 bits per heavy atom. The summed E-state index contributed by atoms with van der Waals surface area (Å²) in [5.41, 5.74) is 1.30. The van der Waals surface area contributed by atoms with E-state index in [1.807, 2.05) is 30.5 Å². The average Bonchev–Trinajstić information content (AvgIpc) is 2.68. The fourth-order valence-electron chi connectivity index (χ4n) is 3.60. The summed E-state index contributed by atoms with van der Waals surface area (Å²) >= 11 is 0. The molecular formula is C19H24N4O2. The van der Waals surface area contributed by atoms with Crippen LogP contribution in [-0.4, -0.2) is 48.0 Å². The molecule has 0 aliphatic carbocycles. The second-order valence-electron chi connectivity index (χ2n) is 6.42. The highest BCUT2D eigenvalue weighted by Crippen LogP contribution is 2.34. The molecule has 0 bridgehead atoms. The lowest BCUT2D eigenvalue weighted by Gasteiger charge is -2.41. The van der Waals surface area contributed by atoms with E-state index in [1.54, 1.807) is 26.6 Å². The lowest BCUT2D eigenvalue weighted by atomic mass is 9.75. The number of hydrogen-bond donors (Lipinski definition) is 1. The van der Waals surface area contributed by atoms with Crippen LogP contribution in [0.5, 0.6) is 5.75 Å². The maximum Gasteiger partial charge on any atom is 0.233 e. The Morgan fingerprint density at radius 3 is 3.00 bits per heavy atom. The summed E-state index contributed by atoms with van der Waals surface area (Å²) in [7, 11) is 3.33.